The van der Waals surface area contributed by atoms with Crippen molar-refractivity contribution in [3.8, 4) is 0 Å². The lowest BCUT2D eigenvalue weighted by molar-refractivity contribution is 0.484. The minimum atomic E-state index is -4.50. The molecule has 0 amide bonds. The number of aromatic amines is 2. The van der Waals surface area contributed by atoms with E-state index in [4.69, 9.17) is 4.55 Å². The van der Waals surface area contributed by atoms with Gasteiger partial charge in [-0.25, -0.2) is 4.79 Å². The molecule has 1 heterocycles. The maximum absolute atomic E-state index is 11.5. The summed E-state index contributed by atoms with van der Waals surface area (Å²) < 4.78 is 31.2. The molecule has 17 heavy (non-hydrogen) atoms. The summed E-state index contributed by atoms with van der Waals surface area (Å²) in [5.74, 6) is 0. The highest BCUT2D eigenvalue weighted by molar-refractivity contribution is 7.86. The van der Waals surface area contributed by atoms with Gasteiger partial charge in [0.15, 0.2) is 0 Å². The molecule has 0 aliphatic rings. The van der Waals surface area contributed by atoms with Crippen LogP contribution in [0.15, 0.2) is 26.6 Å². The van der Waals surface area contributed by atoms with Gasteiger partial charge in [0, 0.05) is 0 Å². The lowest BCUT2D eigenvalue weighted by Gasteiger charge is -2.04. The molecule has 8 heteroatoms. The van der Waals surface area contributed by atoms with Crippen molar-refractivity contribution < 1.29 is 13.0 Å². The van der Waals surface area contributed by atoms with Crippen LogP contribution in [0.4, 0.5) is 0 Å². The molecule has 0 saturated carbocycles. The number of hydrogen-bond acceptors (Lipinski definition) is 4. The van der Waals surface area contributed by atoms with Crippen molar-refractivity contribution in [2.45, 2.75) is 11.8 Å². The third-order valence-electron chi connectivity index (χ3n) is 2.35. The van der Waals surface area contributed by atoms with Gasteiger partial charge < -0.3 is 4.98 Å². The van der Waals surface area contributed by atoms with Crippen molar-refractivity contribution in [1.82, 2.24) is 9.97 Å². The van der Waals surface area contributed by atoms with Crippen LogP contribution in [0.3, 0.4) is 0 Å². The first-order valence-electron chi connectivity index (χ1n) is 4.54. The van der Waals surface area contributed by atoms with Crippen LogP contribution < -0.4 is 11.2 Å². The summed E-state index contributed by atoms with van der Waals surface area (Å²) in [4.78, 5) is 26.3. The Balaban J connectivity index is 3.17. The fraction of sp³-hybridized carbons (Fsp3) is 0.111. The molecule has 0 bridgehead atoms. The van der Waals surface area contributed by atoms with Crippen LogP contribution in [-0.2, 0) is 10.1 Å². The summed E-state index contributed by atoms with van der Waals surface area (Å²) in [6.45, 7) is 1.59. The molecule has 2 aromatic rings. The lowest BCUT2D eigenvalue weighted by Crippen LogP contribution is -2.23. The van der Waals surface area contributed by atoms with Crippen LogP contribution in [0, 0.1) is 6.92 Å². The third-order valence-corrected chi connectivity index (χ3v) is 3.24. The number of aryl methyl sites for hydroxylation is 1. The highest BCUT2D eigenvalue weighted by Gasteiger charge is 2.17. The number of fused-ring (bicyclic) bond motifs is 1. The number of rotatable bonds is 1. The van der Waals surface area contributed by atoms with Crippen molar-refractivity contribution in [2.75, 3.05) is 0 Å². The van der Waals surface area contributed by atoms with Gasteiger partial charge in [0.05, 0.1) is 10.9 Å². The number of hydrogen-bond donors (Lipinski definition) is 3. The van der Waals surface area contributed by atoms with E-state index in [2.05, 4.69) is 4.98 Å². The Kier molecular flexibility index (Phi) is 2.40. The zero-order chi connectivity index (χ0) is 12.8. The van der Waals surface area contributed by atoms with Crippen LogP contribution in [0.2, 0.25) is 0 Å². The zero-order valence-corrected chi connectivity index (χ0v) is 9.46. The monoisotopic (exact) mass is 256 g/mol. The Bertz CT molecular complexity index is 815. The van der Waals surface area contributed by atoms with Crippen molar-refractivity contribution >= 4 is 21.0 Å². The Labute approximate surface area is 94.9 Å². The van der Waals surface area contributed by atoms with Crippen LogP contribution in [-0.4, -0.2) is 22.9 Å². The second-order valence-electron chi connectivity index (χ2n) is 3.51. The van der Waals surface area contributed by atoms with E-state index in [-0.39, 0.29) is 10.9 Å². The van der Waals surface area contributed by atoms with Crippen LogP contribution in [0.1, 0.15) is 5.56 Å². The van der Waals surface area contributed by atoms with Crippen molar-refractivity contribution in [1.29, 1.82) is 0 Å². The van der Waals surface area contributed by atoms with Crippen molar-refractivity contribution in [3.63, 3.8) is 0 Å². The first kappa shape index (κ1) is 11.6. The van der Waals surface area contributed by atoms with E-state index in [9.17, 15) is 18.0 Å². The molecule has 0 unspecified atom stereocenters. The first-order chi connectivity index (χ1) is 7.80. The number of nitrogens with one attached hydrogen (secondary N) is 2. The molecule has 0 aliphatic carbocycles. The van der Waals surface area contributed by atoms with Gasteiger partial charge >= 0.3 is 5.69 Å². The van der Waals surface area contributed by atoms with E-state index >= 15 is 0 Å². The summed E-state index contributed by atoms with van der Waals surface area (Å²) in [5.41, 5.74) is -1.24. The molecule has 2 rings (SSSR count). The second-order valence-corrected chi connectivity index (χ2v) is 4.90. The fourth-order valence-electron chi connectivity index (χ4n) is 1.63. The summed E-state index contributed by atoms with van der Waals surface area (Å²) >= 11 is 0. The van der Waals surface area contributed by atoms with E-state index in [1.54, 1.807) is 6.92 Å². The topological polar surface area (TPSA) is 120 Å². The summed E-state index contributed by atoms with van der Waals surface area (Å²) in [7, 11) is -4.50. The van der Waals surface area contributed by atoms with Gasteiger partial charge in [-0.15, -0.1) is 0 Å². The second kappa shape index (κ2) is 3.54. The Morgan fingerprint density at radius 2 is 1.82 bits per heavy atom. The van der Waals surface area contributed by atoms with Crippen molar-refractivity contribution in [2.24, 2.45) is 0 Å². The minimum Gasteiger partial charge on any atom is -0.305 e. The predicted octanol–water partition coefficient (Wildman–Crippen LogP) is -0.228. The molecule has 0 radical (unpaired) electrons. The largest absolute Gasteiger partial charge is 0.326 e. The highest BCUT2D eigenvalue weighted by Crippen LogP contribution is 2.20. The molecule has 0 aliphatic heterocycles. The van der Waals surface area contributed by atoms with E-state index in [0.29, 0.717) is 5.56 Å². The lowest BCUT2D eigenvalue weighted by atomic mass is 10.1. The average molecular weight is 256 g/mol. The number of aromatic nitrogens is 2. The average Bonchev–Trinajstić information content (AvgIpc) is 2.14. The summed E-state index contributed by atoms with van der Waals surface area (Å²) in [5, 5.41) is 0.0275. The van der Waals surface area contributed by atoms with E-state index in [1.165, 1.54) is 6.07 Å². The summed E-state index contributed by atoms with van der Waals surface area (Å²) in [6.07, 6.45) is 0. The van der Waals surface area contributed by atoms with Gasteiger partial charge in [0.2, 0.25) is 0 Å². The number of benzene rings is 1. The molecule has 3 N–H and O–H groups in total. The quantitative estimate of drug-likeness (QED) is 0.609. The molecule has 0 saturated heterocycles. The maximum Gasteiger partial charge on any atom is 0.326 e. The molecule has 7 nitrogen and oxygen atoms in total. The zero-order valence-electron chi connectivity index (χ0n) is 8.64. The molecule has 90 valence electrons. The Morgan fingerprint density at radius 3 is 2.41 bits per heavy atom. The van der Waals surface area contributed by atoms with E-state index in [0.717, 1.165) is 6.07 Å². The van der Waals surface area contributed by atoms with Crippen LogP contribution in [0.25, 0.3) is 10.9 Å². The van der Waals surface area contributed by atoms with E-state index < -0.39 is 26.3 Å². The molecular weight excluding hydrogens is 248 g/mol. The van der Waals surface area contributed by atoms with Crippen molar-refractivity contribution in [3.05, 3.63) is 38.5 Å². The maximum atomic E-state index is 11.5. The van der Waals surface area contributed by atoms with Gasteiger partial charge in [-0.3, -0.25) is 14.3 Å². The van der Waals surface area contributed by atoms with Gasteiger partial charge in [0.1, 0.15) is 4.90 Å². The first-order valence-corrected chi connectivity index (χ1v) is 5.98. The normalized spacial score (nSPS) is 11.9. The summed E-state index contributed by atoms with van der Waals surface area (Å²) in [6, 6.07) is 2.50. The minimum absolute atomic E-state index is 0.0275. The molecule has 1 aromatic carbocycles. The molecular formula is C9H8N2O5S. The van der Waals surface area contributed by atoms with Crippen LogP contribution in [0.5, 0.6) is 0 Å². The third kappa shape index (κ3) is 1.87. The Hall–Kier alpha value is -1.93. The number of H-pyrrole nitrogens is 2. The van der Waals surface area contributed by atoms with Gasteiger partial charge in [-0.1, -0.05) is 6.07 Å². The van der Waals surface area contributed by atoms with Gasteiger partial charge in [-0.2, -0.15) is 8.42 Å². The highest BCUT2D eigenvalue weighted by atomic mass is 32.2. The standard InChI is InChI=1S/C9H8N2O5S/c1-4-2-3-5(17(14,15)16)7-6(4)8(12)11-9(13)10-7/h2-3H,1H3,(H,14,15,16)(H2,10,11,12,13). The molecule has 0 fully saturated rings. The smallest absolute Gasteiger partial charge is 0.305 e. The van der Waals surface area contributed by atoms with Gasteiger partial charge in [-0.05, 0) is 18.6 Å². The molecule has 0 atom stereocenters. The molecule has 0 spiro atoms. The van der Waals surface area contributed by atoms with Crippen LogP contribution >= 0.6 is 0 Å². The predicted molar refractivity (Wildman–Crippen MR) is 59.7 cm³/mol. The SMILES string of the molecule is Cc1ccc(S(=O)(=O)O)c2[nH]c(=O)[nH]c(=O)c12. The fourth-order valence-corrected chi connectivity index (χ4v) is 2.28. The molecule has 1 aromatic heterocycles. The van der Waals surface area contributed by atoms with Gasteiger partial charge in [0.25, 0.3) is 15.7 Å². The van der Waals surface area contributed by atoms with E-state index in [1.807, 2.05) is 4.98 Å². The Morgan fingerprint density at radius 1 is 1.18 bits per heavy atom.